The monoisotopic (exact) mass is 389 g/mol. The van der Waals surface area contributed by atoms with Crippen molar-refractivity contribution in [3.63, 3.8) is 0 Å². The number of carboxylic acid groups (broad SMARTS) is 1. The van der Waals surface area contributed by atoms with E-state index >= 15 is 0 Å². The summed E-state index contributed by atoms with van der Waals surface area (Å²) < 4.78 is 23.8. The molecule has 0 radical (unpaired) electrons. The van der Waals surface area contributed by atoms with Crippen LogP contribution in [0.25, 0.3) is 0 Å². The first-order valence-electron chi connectivity index (χ1n) is 8.91. The van der Waals surface area contributed by atoms with Crippen molar-refractivity contribution in [3.05, 3.63) is 59.4 Å². The molecule has 2 rings (SSSR count). The molecule has 0 heterocycles. The number of aliphatic carboxylic acids is 1. The molecule has 1 atom stereocenters. The molecular formula is C21H24FNO5. The topological polar surface area (TPSA) is 84.9 Å². The van der Waals surface area contributed by atoms with Crippen LogP contribution in [0.5, 0.6) is 11.5 Å². The summed E-state index contributed by atoms with van der Waals surface area (Å²) in [6.07, 6.45) is -1.31. The number of amides is 1. The second kappa shape index (κ2) is 9.73. The van der Waals surface area contributed by atoms with Gasteiger partial charge < -0.3 is 19.9 Å². The zero-order valence-corrected chi connectivity index (χ0v) is 16.1. The standard InChI is InChI=1S/C21H24FNO5/c1-13(2)17-9-4-14(3)10-18(17)27-12-20(24)23-11-19(21(25)26)28-16-7-5-15(22)6-8-16/h4-10,13,19H,11-12H2,1-3H3,(H,23,24)(H,25,26). The maximum Gasteiger partial charge on any atom is 0.346 e. The van der Waals surface area contributed by atoms with Gasteiger partial charge in [0.25, 0.3) is 5.91 Å². The van der Waals surface area contributed by atoms with E-state index in [0.29, 0.717) is 5.75 Å². The number of halogens is 1. The normalized spacial score (nSPS) is 11.8. The van der Waals surface area contributed by atoms with Crippen molar-refractivity contribution in [2.24, 2.45) is 0 Å². The molecule has 0 bridgehead atoms. The molecule has 7 heteroatoms. The van der Waals surface area contributed by atoms with Gasteiger partial charge in [-0.1, -0.05) is 26.0 Å². The van der Waals surface area contributed by atoms with Crippen LogP contribution in [0.3, 0.4) is 0 Å². The van der Waals surface area contributed by atoms with Crippen LogP contribution >= 0.6 is 0 Å². The average molecular weight is 389 g/mol. The molecule has 0 saturated carbocycles. The van der Waals surface area contributed by atoms with Crippen LogP contribution in [-0.2, 0) is 9.59 Å². The molecule has 150 valence electrons. The summed E-state index contributed by atoms with van der Waals surface area (Å²) in [5.41, 5.74) is 2.00. The van der Waals surface area contributed by atoms with Gasteiger partial charge in [-0.15, -0.1) is 0 Å². The number of carbonyl (C=O) groups excluding carboxylic acids is 1. The predicted molar refractivity (Wildman–Crippen MR) is 102 cm³/mol. The van der Waals surface area contributed by atoms with Gasteiger partial charge >= 0.3 is 5.97 Å². The van der Waals surface area contributed by atoms with Gasteiger partial charge in [-0.2, -0.15) is 0 Å². The highest BCUT2D eigenvalue weighted by Crippen LogP contribution is 2.27. The fraction of sp³-hybridized carbons (Fsp3) is 0.333. The van der Waals surface area contributed by atoms with Crippen LogP contribution in [0.1, 0.15) is 30.9 Å². The molecule has 0 aromatic heterocycles. The Balaban J connectivity index is 1.90. The van der Waals surface area contributed by atoms with Gasteiger partial charge in [0.05, 0.1) is 6.54 Å². The van der Waals surface area contributed by atoms with Crippen molar-refractivity contribution in [3.8, 4) is 11.5 Å². The molecule has 6 nitrogen and oxygen atoms in total. The summed E-state index contributed by atoms with van der Waals surface area (Å²) in [7, 11) is 0. The maximum absolute atomic E-state index is 12.9. The zero-order valence-electron chi connectivity index (χ0n) is 16.1. The van der Waals surface area contributed by atoms with Gasteiger partial charge in [0.15, 0.2) is 6.61 Å². The first kappa shape index (κ1) is 21.2. The van der Waals surface area contributed by atoms with Crippen LogP contribution in [-0.4, -0.2) is 36.2 Å². The van der Waals surface area contributed by atoms with E-state index in [-0.39, 0.29) is 24.8 Å². The smallest absolute Gasteiger partial charge is 0.346 e. The number of hydrogen-bond donors (Lipinski definition) is 2. The van der Waals surface area contributed by atoms with Crippen molar-refractivity contribution >= 4 is 11.9 Å². The number of carboxylic acids is 1. The maximum atomic E-state index is 12.9. The Morgan fingerprint density at radius 3 is 2.43 bits per heavy atom. The second-order valence-corrected chi connectivity index (χ2v) is 6.69. The Morgan fingerprint density at radius 2 is 1.82 bits per heavy atom. The van der Waals surface area contributed by atoms with Gasteiger partial charge in [-0.3, -0.25) is 4.79 Å². The first-order valence-corrected chi connectivity index (χ1v) is 8.91. The molecule has 2 aromatic rings. The lowest BCUT2D eigenvalue weighted by atomic mass is 10.0. The fourth-order valence-electron chi connectivity index (χ4n) is 2.50. The van der Waals surface area contributed by atoms with E-state index < -0.39 is 23.8 Å². The number of aryl methyl sites for hydroxylation is 1. The van der Waals surface area contributed by atoms with Crippen LogP contribution in [0.4, 0.5) is 4.39 Å². The number of rotatable bonds is 9. The summed E-state index contributed by atoms with van der Waals surface area (Å²) in [5, 5.41) is 11.7. The van der Waals surface area contributed by atoms with Crippen molar-refractivity contribution in [1.82, 2.24) is 5.32 Å². The Bertz CT molecular complexity index is 820. The molecular weight excluding hydrogens is 365 g/mol. The van der Waals surface area contributed by atoms with Crippen molar-refractivity contribution in [1.29, 1.82) is 0 Å². The first-order chi connectivity index (χ1) is 13.3. The highest BCUT2D eigenvalue weighted by atomic mass is 19.1. The van der Waals surface area contributed by atoms with E-state index in [0.717, 1.165) is 23.3 Å². The Hall–Kier alpha value is -3.09. The van der Waals surface area contributed by atoms with Crippen molar-refractivity contribution in [2.75, 3.05) is 13.2 Å². The summed E-state index contributed by atoms with van der Waals surface area (Å²) in [6, 6.07) is 10.8. The molecule has 28 heavy (non-hydrogen) atoms. The lowest BCUT2D eigenvalue weighted by Gasteiger charge is -2.17. The lowest BCUT2D eigenvalue weighted by Crippen LogP contribution is -2.41. The number of benzene rings is 2. The molecule has 2 aromatic carbocycles. The molecule has 0 aliphatic carbocycles. The summed E-state index contributed by atoms with van der Waals surface area (Å²) in [6.45, 7) is 5.50. The largest absolute Gasteiger partial charge is 0.483 e. The second-order valence-electron chi connectivity index (χ2n) is 6.69. The van der Waals surface area contributed by atoms with E-state index in [1.165, 1.54) is 12.1 Å². The third-order valence-corrected chi connectivity index (χ3v) is 4.00. The predicted octanol–water partition coefficient (Wildman–Crippen LogP) is 3.28. The average Bonchev–Trinajstić information content (AvgIpc) is 2.64. The third kappa shape index (κ3) is 6.26. The van der Waals surface area contributed by atoms with Crippen LogP contribution in [0.15, 0.2) is 42.5 Å². The van der Waals surface area contributed by atoms with E-state index in [2.05, 4.69) is 5.32 Å². The van der Waals surface area contributed by atoms with E-state index in [1.54, 1.807) is 0 Å². The van der Waals surface area contributed by atoms with E-state index in [1.807, 2.05) is 39.0 Å². The number of ether oxygens (including phenoxy) is 2. The highest BCUT2D eigenvalue weighted by molar-refractivity contribution is 5.79. The molecule has 0 aliphatic heterocycles. The minimum absolute atomic E-state index is 0.195. The minimum atomic E-state index is -1.31. The van der Waals surface area contributed by atoms with Gasteiger partial charge in [0.2, 0.25) is 6.10 Å². The highest BCUT2D eigenvalue weighted by Gasteiger charge is 2.21. The number of nitrogens with one attached hydrogen (secondary N) is 1. The van der Waals surface area contributed by atoms with Gasteiger partial charge in [-0.05, 0) is 54.3 Å². The van der Waals surface area contributed by atoms with Gasteiger partial charge in [0, 0.05) is 0 Å². The van der Waals surface area contributed by atoms with E-state index in [9.17, 15) is 19.1 Å². The fourth-order valence-corrected chi connectivity index (χ4v) is 2.50. The molecule has 0 spiro atoms. The zero-order chi connectivity index (χ0) is 20.7. The van der Waals surface area contributed by atoms with Crippen LogP contribution in [0.2, 0.25) is 0 Å². The minimum Gasteiger partial charge on any atom is -0.483 e. The Labute approximate surface area is 163 Å². The molecule has 0 fully saturated rings. The number of carbonyl (C=O) groups is 2. The van der Waals surface area contributed by atoms with E-state index in [4.69, 9.17) is 9.47 Å². The van der Waals surface area contributed by atoms with Crippen molar-refractivity contribution in [2.45, 2.75) is 32.8 Å². The number of hydrogen-bond acceptors (Lipinski definition) is 4. The van der Waals surface area contributed by atoms with Crippen LogP contribution in [0, 0.1) is 12.7 Å². The van der Waals surface area contributed by atoms with Crippen molar-refractivity contribution < 1.29 is 28.6 Å². The molecule has 0 aliphatic rings. The summed E-state index contributed by atoms with van der Waals surface area (Å²) in [4.78, 5) is 23.4. The van der Waals surface area contributed by atoms with Gasteiger partial charge in [-0.25, -0.2) is 9.18 Å². The molecule has 0 saturated heterocycles. The lowest BCUT2D eigenvalue weighted by molar-refractivity contribution is -0.145. The quantitative estimate of drug-likeness (QED) is 0.688. The molecule has 1 amide bonds. The SMILES string of the molecule is Cc1ccc(C(C)C)c(OCC(=O)NCC(Oc2ccc(F)cc2)C(=O)O)c1. The summed E-state index contributed by atoms with van der Waals surface area (Å²) in [5.74, 6) is -1.11. The van der Waals surface area contributed by atoms with Crippen LogP contribution < -0.4 is 14.8 Å². The van der Waals surface area contributed by atoms with Gasteiger partial charge in [0.1, 0.15) is 17.3 Å². The third-order valence-electron chi connectivity index (χ3n) is 4.00. The Kier molecular flexibility index (Phi) is 7.37. The Morgan fingerprint density at radius 1 is 1.14 bits per heavy atom. The molecule has 1 unspecified atom stereocenters. The molecule has 2 N–H and O–H groups in total. The summed E-state index contributed by atoms with van der Waals surface area (Å²) >= 11 is 0.